The minimum Gasteiger partial charge on any atom is -0.339 e. The van der Waals surface area contributed by atoms with Gasteiger partial charge in [0.05, 0.1) is 23.1 Å². The van der Waals surface area contributed by atoms with Gasteiger partial charge in [-0.05, 0) is 43.7 Å². The lowest BCUT2D eigenvalue weighted by molar-refractivity contribution is -0.138. The zero-order valence-electron chi connectivity index (χ0n) is 15.9. The Morgan fingerprint density at radius 3 is 2.41 bits per heavy atom. The number of carbonyl (C=O) groups is 1. The first-order valence-corrected chi connectivity index (χ1v) is 9.85. The highest BCUT2D eigenvalue weighted by Crippen LogP contribution is 2.38. The van der Waals surface area contributed by atoms with E-state index in [0.717, 1.165) is 24.6 Å². The summed E-state index contributed by atoms with van der Waals surface area (Å²) in [4.78, 5) is 30.8. The lowest BCUT2D eigenvalue weighted by Gasteiger charge is -2.32. The molecule has 1 saturated heterocycles. The number of hydrogen-bond acceptors (Lipinski definition) is 3. The van der Waals surface area contributed by atoms with Crippen LogP contribution in [0.15, 0.2) is 41.5 Å². The first kappa shape index (κ1) is 19.7. The van der Waals surface area contributed by atoms with Gasteiger partial charge in [0.25, 0.3) is 11.5 Å². The zero-order chi connectivity index (χ0) is 20.6. The topological polar surface area (TPSA) is 55.2 Å². The van der Waals surface area contributed by atoms with Gasteiger partial charge in [-0.15, -0.1) is 0 Å². The van der Waals surface area contributed by atoms with E-state index in [4.69, 9.17) is 0 Å². The smallest absolute Gasteiger partial charge is 0.339 e. The summed E-state index contributed by atoms with van der Waals surface area (Å²) in [5, 5.41) is 0. The highest BCUT2D eigenvalue weighted by molar-refractivity contribution is 5.96. The predicted molar refractivity (Wildman–Crippen MR) is 101 cm³/mol. The Labute approximate surface area is 166 Å². The molecule has 1 aliphatic carbocycles. The van der Waals surface area contributed by atoms with Gasteiger partial charge >= 0.3 is 6.18 Å². The Morgan fingerprint density at radius 2 is 1.79 bits per heavy atom. The summed E-state index contributed by atoms with van der Waals surface area (Å²) < 4.78 is 41.2. The number of hydrogen-bond donors (Lipinski definition) is 0. The van der Waals surface area contributed by atoms with Gasteiger partial charge in [-0.3, -0.25) is 14.2 Å². The number of alkyl halides is 3. The zero-order valence-corrected chi connectivity index (χ0v) is 15.9. The molecule has 1 aliphatic heterocycles. The maximum absolute atomic E-state index is 13.2. The van der Waals surface area contributed by atoms with E-state index in [9.17, 15) is 22.8 Å². The molecule has 0 N–H and O–H groups in total. The SMILES string of the molecule is O=C(c1ccccc1C(F)(F)F)N1CCC(Cn2cnc(C3CC3)cc2=O)CC1. The van der Waals surface area contributed by atoms with Gasteiger partial charge in [0.2, 0.25) is 0 Å². The molecule has 5 nitrogen and oxygen atoms in total. The highest BCUT2D eigenvalue weighted by Gasteiger charge is 2.36. The maximum atomic E-state index is 13.2. The molecule has 29 heavy (non-hydrogen) atoms. The summed E-state index contributed by atoms with van der Waals surface area (Å²) in [6, 6.07) is 6.49. The van der Waals surface area contributed by atoms with Crippen molar-refractivity contribution in [2.45, 2.75) is 44.3 Å². The van der Waals surface area contributed by atoms with E-state index < -0.39 is 17.6 Å². The Hall–Kier alpha value is -2.64. The summed E-state index contributed by atoms with van der Waals surface area (Å²) in [5.41, 5.74) is -0.426. The number of amides is 1. The molecule has 2 heterocycles. The first-order valence-electron chi connectivity index (χ1n) is 9.85. The first-order chi connectivity index (χ1) is 13.8. The molecule has 8 heteroatoms. The van der Waals surface area contributed by atoms with Crippen molar-refractivity contribution in [1.29, 1.82) is 0 Å². The second-order valence-corrected chi connectivity index (χ2v) is 7.86. The summed E-state index contributed by atoms with van der Waals surface area (Å²) in [7, 11) is 0. The summed E-state index contributed by atoms with van der Waals surface area (Å²) in [5.74, 6) is 0.0124. The molecule has 2 aromatic rings. The van der Waals surface area contributed by atoms with E-state index in [2.05, 4.69) is 4.98 Å². The fraction of sp³-hybridized carbons (Fsp3) is 0.476. The lowest BCUT2D eigenvalue weighted by Crippen LogP contribution is -2.40. The lowest BCUT2D eigenvalue weighted by atomic mass is 9.95. The molecule has 0 atom stereocenters. The van der Waals surface area contributed by atoms with Crippen molar-refractivity contribution in [3.05, 3.63) is 63.8 Å². The number of likely N-dealkylation sites (tertiary alicyclic amines) is 1. The second kappa shape index (κ2) is 7.65. The van der Waals surface area contributed by atoms with Crippen molar-refractivity contribution in [3.63, 3.8) is 0 Å². The Bertz CT molecular complexity index is 958. The number of halogens is 3. The van der Waals surface area contributed by atoms with Gasteiger partial charge in [0, 0.05) is 31.6 Å². The molecule has 0 radical (unpaired) electrons. The Balaban J connectivity index is 1.39. The van der Waals surface area contributed by atoms with Crippen molar-refractivity contribution < 1.29 is 18.0 Å². The molecular formula is C21H22F3N3O2. The van der Waals surface area contributed by atoms with E-state index in [-0.39, 0.29) is 17.0 Å². The number of rotatable bonds is 4. The average Bonchev–Trinajstić information content (AvgIpc) is 3.54. The van der Waals surface area contributed by atoms with Crippen molar-refractivity contribution in [2.24, 2.45) is 5.92 Å². The molecule has 4 rings (SSSR count). The van der Waals surface area contributed by atoms with Crippen molar-refractivity contribution in [1.82, 2.24) is 14.5 Å². The quantitative estimate of drug-likeness (QED) is 0.780. The van der Waals surface area contributed by atoms with Crippen LogP contribution in [0, 0.1) is 5.92 Å². The van der Waals surface area contributed by atoms with E-state index in [1.54, 1.807) is 17.0 Å². The van der Waals surface area contributed by atoms with Crippen LogP contribution < -0.4 is 5.56 Å². The minimum absolute atomic E-state index is 0.0699. The van der Waals surface area contributed by atoms with Gasteiger partial charge < -0.3 is 4.90 Å². The van der Waals surface area contributed by atoms with E-state index in [1.165, 1.54) is 23.1 Å². The highest BCUT2D eigenvalue weighted by atomic mass is 19.4. The van der Waals surface area contributed by atoms with Crippen LogP contribution in [0.2, 0.25) is 0 Å². The van der Waals surface area contributed by atoms with Crippen LogP contribution in [0.4, 0.5) is 13.2 Å². The monoisotopic (exact) mass is 405 g/mol. The number of benzene rings is 1. The third kappa shape index (κ3) is 4.36. The number of carbonyl (C=O) groups excluding carboxylic acids is 1. The maximum Gasteiger partial charge on any atom is 0.417 e. The molecule has 1 amide bonds. The molecule has 0 spiro atoms. The van der Waals surface area contributed by atoms with Gasteiger partial charge in [-0.1, -0.05) is 12.1 Å². The minimum atomic E-state index is -4.56. The van der Waals surface area contributed by atoms with Crippen LogP contribution >= 0.6 is 0 Å². The standard InChI is InChI=1S/C21H22F3N3O2/c22-21(23,24)17-4-2-1-3-16(17)20(29)26-9-7-14(8-10-26)12-27-13-25-18(11-19(27)28)15-5-6-15/h1-4,11,13-15H,5-10,12H2. The van der Waals surface area contributed by atoms with Crippen LogP contribution in [0.25, 0.3) is 0 Å². The molecule has 2 fully saturated rings. The molecule has 1 aromatic carbocycles. The average molecular weight is 405 g/mol. The fourth-order valence-corrected chi connectivity index (χ4v) is 3.86. The molecule has 0 bridgehead atoms. The second-order valence-electron chi connectivity index (χ2n) is 7.86. The van der Waals surface area contributed by atoms with Crippen molar-refractivity contribution in [2.75, 3.05) is 13.1 Å². The number of piperidine rings is 1. The Kier molecular flexibility index (Phi) is 5.19. The van der Waals surface area contributed by atoms with Gasteiger partial charge in [-0.25, -0.2) is 4.98 Å². The van der Waals surface area contributed by atoms with Gasteiger partial charge in [-0.2, -0.15) is 13.2 Å². The molecule has 0 unspecified atom stereocenters. The Morgan fingerprint density at radius 1 is 1.10 bits per heavy atom. The van der Waals surface area contributed by atoms with Crippen molar-refractivity contribution in [3.8, 4) is 0 Å². The van der Waals surface area contributed by atoms with Crippen LogP contribution in [0.5, 0.6) is 0 Å². The fourth-order valence-electron chi connectivity index (χ4n) is 3.86. The van der Waals surface area contributed by atoms with E-state index in [1.807, 2.05) is 0 Å². The predicted octanol–water partition coefficient (Wildman–Crippen LogP) is 3.69. The van der Waals surface area contributed by atoms with E-state index >= 15 is 0 Å². The number of aromatic nitrogens is 2. The van der Waals surface area contributed by atoms with Crippen LogP contribution in [-0.4, -0.2) is 33.4 Å². The van der Waals surface area contributed by atoms with Gasteiger partial charge in [0.1, 0.15) is 0 Å². The van der Waals surface area contributed by atoms with Crippen LogP contribution in [-0.2, 0) is 12.7 Å². The molecule has 1 saturated carbocycles. The van der Waals surface area contributed by atoms with Crippen molar-refractivity contribution >= 4 is 5.91 Å². The third-order valence-electron chi connectivity index (χ3n) is 5.72. The summed E-state index contributed by atoms with van der Waals surface area (Å²) in [6.45, 7) is 1.26. The van der Waals surface area contributed by atoms with Crippen LogP contribution in [0.1, 0.15) is 53.2 Å². The van der Waals surface area contributed by atoms with Crippen LogP contribution in [0.3, 0.4) is 0 Å². The summed E-state index contributed by atoms with van der Waals surface area (Å²) in [6.07, 6.45) is 0.465. The molecule has 1 aromatic heterocycles. The summed E-state index contributed by atoms with van der Waals surface area (Å²) >= 11 is 0. The number of nitrogens with zero attached hydrogens (tertiary/aromatic N) is 3. The molecular weight excluding hydrogens is 383 g/mol. The molecule has 2 aliphatic rings. The molecule has 154 valence electrons. The largest absolute Gasteiger partial charge is 0.417 e. The normalized spacial score (nSPS) is 18.1. The van der Waals surface area contributed by atoms with Gasteiger partial charge in [0.15, 0.2) is 0 Å². The third-order valence-corrected chi connectivity index (χ3v) is 5.72. The van der Waals surface area contributed by atoms with E-state index in [0.29, 0.717) is 38.4 Å².